The van der Waals surface area contributed by atoms with Gasteiger partial charge in [0, 0.05) is 18.1 Å². The van der Waals surface area contributed by atoms with E-state index in [-0.39, 0.29) is 12.6 Å². The summed E-state index contributed by atoms with van der Waals surface area (Å²) in [6, 6.07) is 9.19. The Bertz CT molecular complexity index is 627. The second-order valence-corrected chi connectivity index (χ2v) is 5.95. The van der Waals surface area contributed by atoms with Gasteiger partial charge >= 0.3 is 6.03 Å². The fourth-order valence-electron chi connectivity index (χ4n) is 2.50. The van der Waals surface area contributed by atoms with Gasteiger partial charge in [-0.15, -0.1) is 0 Å². The number of anilines is 1. The van der Waals surface area contributed by atoms with Gasteiger partial charge in [-0.1, -0.05) is 25.5 Å². The fourth-order valence-corrected chi connectivity index (χ4v) is 2.50. The van der Waals surface area contributed by atoms with E-state index in [0.717, 1.165) is 18.4 Å². The first-order valence-electron chi connectivity index (χ1n) is 7.81. The number of nitrogens with zero attached hydrogens (tertiary/aromatic N) is 2. The number of hydrogen-bond donors (Lipinski definition) is 3. The number of rotatable bonds is 7. The summed E-state index contributed by atoms with van der Waals surface area (Å²) in [6.07, 6.45) is 5.23. The zero-order valence-corrected chi connectivity index (χ0v) is 13.6. The summed E-state index contributed by atoms with van der Waals surface area (Å²) in [5, 5.41) is 19.3. The molecule has 0 radical (unpaired) electrons. The second kappa shape index (κ2) is 7.78. The first kappa shape index (κ1) is 17.0. The van der Waals surface area contributed by atoms with Crippen molar-refractivity contribution >= 4 is 11.7 Å². The van der Waals surface area contributed by atoms with Crippen molar-refractivity contribution in [2.24, 2.45) is 0 Å². The zero-order valence-electron chi connectivity index (χ0n) is 13.6. The van der Waals surface area contributed by atoms with Crippen LogP contribution in [-0.2, 0) is 6.54 Å². The van der Waals surface area contributed by atoms with Crippen molar-refractivity contribution in [2.75, 3.05) is 11.9 Å². The highest BCUT2D eigenvalue weighted by molar-refractivity contribution is 5.89. The third-order valence-electron chi connectivity index (χ3n) is 3.65. The first-order chi connectivity index (χ1) is 11.0. The number of hydrogen-bond acceptors (Lipinski definition) is 3. The number of aromatic nitrogens is 2. The van der Waals surface area contributed by atoms with Crippen LogP contribution in [0.15, 0.2) is 42.7 Å². The smallest absolute Gasteiger partial charge is 0.319 e. The van der Waals surface area contributed by atoms with Gasteiger partial charge in [-0.2, -0.15) is 5.10 Å². The molecule has 2 rings (SSSR count). The molecule has 6 heteroatoms. The molecule has 3 N–H and O–H groups in total. The molecule has 1 heterocycles. The summed E-state index contributed by atoms with van der Waals surface area (Å²) in [5.74, 6) is 0. The predicted molar refractivity (Wildman–Crippen MR) is 90.3 cm³/mol. The van der Waals surface area contributed by atoms with Crippen molar-refractivity contribution in [3.8, 4) is 0 Å². The topological polar surface area (TPSA) is 79.2 Å². The molecule has 1 unspecified atom stereocenters. The minimum absolute atomic E-state index is 0.0897. The average molecular weight is 316 g/mol. The molecule has 6 nitrogen and oxygen atoms in total. The van der Waals surface area contributed by atoms with Crippen LogP contribution >= 0.6 is 0 Å². The quantitative estimate of drug-likeness (QED) is 0.734. The van der Waals surface area contributed by atoms with Crippen LogP contribution in [0.2, 0.25) is 0 Å². The highest BCUT2D eigenvalue weighted by Gasteiger charge is 2.24. The Morgan fingerprint density at radius 2 is 2.22 bits per heavy atom. The maximum atomic E-state index is 12.1. The van der Waals surface area contributed by atoms with Crippen LogP contribution in [-0.4, -0.2) is 33.1 Å². The molecule has 0 aliphatic carbocycles. The third-order valence-corrected chi connectivity index (χ3v) is 3.65. The molecule has 0 bridgehead atoms. The number of urea groups is 1. The summed E-state index contributed by atoms with van der Waals surface area (Å²) in [4.78, 5) is 12.1. The molecule has 2 amide bonds. The molecule has 0 aliphatic rings. The third kappa shape index (κ3) is 5.10. The number of carbonyl (C=O) groups excluding carboxylic acids is 1. The number of aliphatic hydroxyl groups excluding tert-OH is 1. The Kier molecular flexibility index (Phi) is 5.76. The lowest BCUT2D eigenvalue weighted by molar-refractivity contribution is 0.167. The number of amides is 2. The molecule has 23 heavy (non-hydrogen) atoms. The minimum Gasteiger partial charge on any atom is -0.394 e. The van der Waals surface area contributed by atoms with E-state index in [9.17, 15) is 9.90 Å². The van der Waals surface area contributed by atoms with E-state index in [4.69, 9.17) is 0 Å². The lowest BCUT2D eigenvalue weighted by Gasteiger charge is -2.28. The van der Waals surface area contributed by atoms with Crippen LogP contribution < -0.4 is 10.6 Å². The Labute approximate surface area is 136 Å². The van der Waals surface area contributed by atoms with Crippen LogP contribution in [0.3, 0.4) is 0 Å². The maximum absolute atomic E-state index is 12.1. The van der Waals surface area contributed by atoms with Gasteiger partial charge in [0.05, 0.1) is 18.7 Å². The van der Waals surface area contributed by atoms with Crippen LogP contribution in [0.25, 0.3) is 0 Å². The Morgan fingerprint density at radius 3 is 2.87 bits per heavy atom. The summed E-state index contributed by atoms with van der Waals surface area (Å²) < 4.78 is 1.82. The van der Waals surface area contributed by atoms with E-state index >= 15 is 0 Å². The highest BCUT2D eigenvalue weighted by atomic mass is 16.3. The van der Waals surface area contributed by atoms with E-state index in [1.807, 2.05) is 55.1 Å². The second-order valence-electron chi connectivity index (χ2n) is 5.95. The van der Waals surface area contributed by atoms with Crippen molar-refractivity contribution in [3.63, 3.8) is 0 Å². The standard InChI is InChI=1S/C17H24N4O2/c1-3-8-17(2,13-22)20-16(23)19-15-7-4-6-14(11-15)12-21-10-5-9-18-21/h4-7,9-11,22H,3,8,12-13H2,1-2H3,(H2,19,20,23). The van der Waals surface area contributed by atoms with Crippen LogP contribution in [0.5, 0.6) is 0 Å². The molecule has 0 saturated heterocycles. The van der Waals surface area contributed by atoms with Gasteiger partial charge in [-0.25, -0.2) is 4.79 Å². The maximum Gasteiger partial charge on any atom is 0.319 e. The van der Waals surface area contributed by atoms with Crippen LogP contribution in [0.1, 0.15) is 32.3 Å². The van der Waals surface area contributed by atoms with Gasteiger partial charge in [-0.05, 0) is 37.1 Å². The lowest BCUT2D eigenvalue weighted by Crippen LogP contribution is -2.50. The predicted octanol–water partition coefficient (Wildman–Crippen LogP) is 2.60. The van der Waals surface area contributed by atoms with E-state index < -0.39 is 5.54 Å². The van der Waals surface area contributed by atoms with Gasteiger partial charge < -0.3 is 15.7 Å². The number of aliphatic hydroxyl groups is 1. The van der Waals surface area contributed by atoms with Gasteiger partial charge in [0.2, 0.25) is 0 Å². The van der Waals surface area contributed by atoms with Crippen LogP contribution in [0, 0.1) is 0 Å². The van der Waals surface area contributed by atoms with Gasteiger partial charge in [0.25, 0.3) is 0 Å². The van der Waals surface area contributed by atoms with Crippen molar-refractivity contribution < 1.29 is 9.90 Å². The molecular formula is C17H24N4O2. The van der Waals surface area contributed by atoms with E-state index in [1.165, 1.54) is 0 Å². The summed E-state index contributed by atoms with van der Waals surface area (Å²) in [7, 11) is 0. The van der Waals surface area contributed by atoms with Crippen LogP contribution in [0.4, 0.5) is 10.5 Å². The molecule has 2 aromatic rings. The Hall–Kier alpha value is -2.34. The Balaban J connectivity index is 1.98. The molecule has 124 valence electrons. The molecule has 1 aromatic heterocycles. The van der Waals surface area contributed by atoms with Crippen molar-refractivity contribution in [1.82, 2.24) is 15.1 Å². The normalized spacial score (nSPS) is 13.3. The van der Waals surface area contributed by atoms with Gasteiger partial charge in [0.15, 0.2) is 0 Å². The van der Waals surface area contributed by atoms with Gasteiger partial charge in [-0.3, -0.25) is 4.68 Å². The Morgan fingerprint density at radius 1 is 1.39 bits per heavy atom. The SMILES string of the molecule is CCCC(C)(CO)NC(=O)Nc1cccc(Cn2cccn2)c1. The average Bonchev–Trinajstić information content (AvgIpc) is 3.00. The number of nitrogens with one attached hydrogen (secondary N) is 2. The lowest BCUT2D eigenvalue weighted by atomic mass is 9.98. The highest BCUT2D eigenvalue weighted by Crippen LogP contribution is 2.14. The molecule has 0 saturated carbocycles. The summed E-state index contributed by atoms with van der Waals surface area (Å²) >= 11 is 0. The number of carbonyl (C=O) groups is 1. The van der Waals surface area contributed by atoms with E-state index in [0.29, 0.717) is 12.2 Å². The zero-order chi connectivity index (χ0) is 16.7. The van der Waals surface area contributed by atoms with Crippen molar-refractivity contribution in [3.05, 3.63) is 48.3 Å². The molecular weight excluding hydrogens is 292 g/mol. The molecule has 1 atom stereocenters. The minimum atomic E-state index is -0.606. The first-order valence-corrected chi connectivity index (χ1v) is 7.81. The van der Waals surface area contributed by atoms with E-state index in [2.05, 4.69) is 15.7 Å². The molecule has 0 fully saturated rings. The molecule has 0 aliphatic heterocycles. The van der Waals surface area contributed by atoms with Crippen molar-refractivity contribution in [2.45, 2.75) is 38.8 Å². The molecule has 1 aromatic carbocycles. The monoisotopic (exact) mass is 316 g/mol. The fraction of sp³-hybridized carbons (Fsp3) is 0.412. The summed E-state index contributed by atoms with van der Waals surface area (Å²) in [6.45, 7) is 4.42. The molecule has 0 spiro atoms. The number of benzene rings is 1. The van der Waals surface area contributed by atoms with Crippen molar-refractivity contribution in [1.29, 1.82) is 0 Å². The summed E-state index contributed by atoms with van der Waals surface area (Å²) in [5.41, 5.74) is 1.15. The largest absolute Gasteiger partial charge is 0.394 e. The van der Waals surface area contributed by atoms with E-state index in [1.54, 1.807) is 6.20 Å². The van der Waals surface area contributed by atoms with Gasteiger partial charge in [0.1, 0.15) is 0 Å².